The maximum absolute atomic E-state index is 13.9. The zero-order chi connectivity index (χ0) is 15.6. The van der Waals surface area contributed by atoms with E-state index in [0.717, 1.165) is 6.07 Å². The lowest BCUT2D eigenvalue weighted by Gasteiger charge is -2.11. The van der Waals surface area contributed by atoms with Gasteiger partial charge in [0.2, 0.25) is 0 Å². The van der Waals surface area contributed by atoms with Crippen molar-refractivity contribution in [3.05, 3.63) is 47.7 Å². The molecule has 1 aromatic carbocycles. The van der Waals surface area contributed by atoms with Crippen LogP contribution in [0.5, 0.6) is 0 Å². The molecule has 0 spiro atoms. The molecule has 0 aliphatic heterocycles. The first-order valence-electron chi connectivity index (χ1n) is 5.96. The Kier molecular flexibility index (Phi) is 4.08. The van der Waals surface area contributed by atoms with Crippen LogP contribution in [-0.2, 0) is 10.0 Å². The third-order valence-corrected chi connectivity index (χ3v) is 4.17. The quantitative estimate of drug-likeness (QED) is 0.910. The van der Waals surface area contributed by atoms with Gasteiger partial charge in [0.05, 0.1) is 4.90 Å². The number of nitrogens with one attached hydrogen (secondary N) is 2. The molecule has 5 nitrogen and oxygen atoms in total. The summed E-state index contributed by atoms with van der Waals surface area (Å²) >= 11 is 0. The standard InChI is InChI=1S/C13H13F2N3O2S/c1-8-3-4-10(14)13(12(8)15)18-21(19,20)9-5-6-17-11(7-9)16-2/h3-7,18H,1-2H3,(H,16,17). The molecule has 0 aliphatic rings. The number of benzene rings is 1. The fourth-order valence-corrected chi connectivity index (χ4v) is 2.74. The van der Waals surface area contributed by atoms with Crippen molar-refractivity contribution in [3.63, 3.8) is 0 Å². The maximum atomic E-state index is 13.9. The lowest BCUT2D eigenvalue weighted by Crippen LogP contribution is -2.16. The molecule has 2 aromatic rings. The molecule has 21 heavy (non-hydrogen) atoms. The molecule has 0 saturated carbocycles. The average molecular weight is 313 g/mol. The van der Waals surface area contributed by atoms with E-state index in [1.807, 2.05) is 4.72 Å². The van der Waals surface area contributed by atoms with Crippen LogP contribution >= 0.6 is 0 Å². The fourth-order valence-electron chi connectivity index (χ4n) is 1.66. The summed E-state index contributed by atoms with van der Waals surface area (Å²) in [5, 5.41) is 2.68. The summed E-state index contributed by atoms with van der Waals surface area (Å²) in [5.74, 6) is -1.60. The van der Waals surface area contributed by atoms with Crippen LogP contribution in [0.25, 0.3) is 0 Å². The predicted molar refractivity (Wildman–Crippen MR) is 75.7 cm³/mol. The Balaban J connectivity index is 2.45. The minimum atomic E-state index is -4.12. The zero-order valence-electron chi connectivity index (χ0n) is 11.3. The van der Waals surface area contributed by atoms with E-state index in [0.29, 0.717) is 5.82 Å². The Morgan fingerprint density at radius 2 is 1.90 bits per heavy atom. The highest BCUT2D eigenvalue weighted by Crippen LogP contribution is 2.25. The molecule has 0 saturated heterocycles. The minimum Gasteiger partial charge on any atom is -0.373 e. The van der Waals surface area contributed by atoms with Crippen molar-refractivity contribution in [1.29, 1.82) is 0 Å². The van der Waals surface area contributed by atoms with Gasteiger partial charge in [-0.05, 0) is 24.6 Å². The largest absolute Gasteiger partial charge is 0.373 e. The molecule has 8 heteroatoms. The first-order chi connectivity index (χ1) is 9.85. The molecule has 112 valence electrons. The smallest absolute Gasteiger partial charge is 0.262 e. The molecule has 2 N–H and O–H groups in total. The summed E-state index contributed by atoms with van der Waals surface area (Å²) in [6.07, 6.45) is 1.28. The number of sulfonamides is 1. The Labute approximate surface area is 121 Å². The number of anilines is 2. The molecule has 0 unspecified atom stereocenters. The van der Waals surface area contributed by atoms with Gasteiger partial charge in [-0.3, -0.25) is 4.72 Å². The van der Waals surface area contributed by atoms with Crippen LogP contribution in [-0.4, -0.2) is 20.4 Å². The van der Waals surface area contributed by atoms with Crippen molar-refractivity contribution in [2.75, 3.05) is 17.1 Å². The van der Waals surface area contributed by atoms with E-state index >= 15 is 0 Å². The van der Waals surface area contributed by atoms with Crippen LogP contribution in [0.2, 0.25) is 0 Å². The van der Waals surface area contributed by atoms with Gasteiger partial charge in [0.25, 0.3) is 10.0 Å². The van der Waals surface area contributed by atoms with Crippen molar-refractivity contribution >= 4 is 21.5 Å². The topological polar surface area (TPSA) is 71.1 Å². The van der Waals surface area contributed by atoms with Gasteiger partial charge in [0.1, 0.15) is 17.3 Å². The molecule has 1 heterocycles. The average Bonchev–Trinajstić information content (AvgIpc) is 2.48. The molecule has 0 bridgehead atoms. The SMILES string of the molecule is CNc1cc(S(=O)(=O)Nc2c(F)ccc(C)c2F)ccn1. The second-order valence-electron chi connectivity index (χ2n) is 4.29. The summed E-state index contributed by atoms with van der Waals surface area (Å²) in [6, 6.07) is 4.72. The Morgan fingerprint density at radius 1 is 1.19 bits per heavy atom. The summed E-state index contributed by atoms with van der Waals surface area (Å²) in [5.41, 5.74) is -0.558. The number of aryl methyl sites for hydroxylation is 1. The van der Waals surface area contributed by atoms with Crippen molar-refractivity contribution in [3.8, 4) is 0 Å². The van der Waals surface area contributed by atoms with Gasteiger partial charge in [-0.15, -0.1) is 0 Å². The van der Waals surface area contributed by atoms with Gasteiger partial charge < -0.3 is 5.32 Å². The van der Waals surface area contributed by atoms with E-state index in [-0.39, 0.29) is 10.5 Å². The van der Waals surface area contributed by atoms with E-state index < -0.39 is 27.3 Å². The van der Waals surface area contributed by atoms with Crippen LogP contribution in [0.15, 0.2) is 35.4 Å². The number of hydrogen-bond donors (Lipinski definition) is 2. The molecular formula is C13H13F2N3O2S. The van der Waals surface area contributed by atoms with Gasteiger partial charge in [-0.25, -0.2) is 22.2 Å². The van der Waals surface area contributed by atoms with Crippen molar-refractivity contribution < 1.29 is 17.2 Å². The van der Waals surface area contributed by atoms with E-state index in [4.69, 9.17) is 0 Å². The molecule has 0 aliphatic carbocycles. The summed E-state index contributed by atoms with van der Waals surface area (Å²) in [7, 11) is -2.54. The molecule has 2 rings (SSSR count). The van der Waals surface area contributed by atoms with Crippen molar-refractivity contribution in [2.45, 2.75) is 11.8 Å². The number of aromatic nitrogens is 1. The molecular weight excluding hydrogens is 300 g/mol. The Bertz CT molecular complexity index is 779. The number of pyridine rings is 1. The van der Waals surface area contributed by atoms with Crippen LogP contribution in [0, 0.1) is 18.6 Å². The van der Waals surface area contributed by atoms with Gasteiger partial charge in [-0.2, -0.15) is 0 Å². The summed E-state index contributed by atoms with van der Waals surface area (Å²) in [4.78, 5) is 3.73. The van der Waals surface area contributed by atoms with Crippen LogP contribution in [0.1, 0.15) is 5.56 Å². The first-order valence-corrected chi connectivity index (χ1v) is 7.44. The van der Waals surface area contributed by atoms with Crippen LogP contribution in [0.3, 0.4) is 0 Å². The van der Waals surface area contributed by atoms with Gasteiger partial charge in [0, 0.05) is 19.3 Å². The zero-order valence-corrected chi connectivity index (χ0v) is 12.1. The third-order valence-electron chi connectivity index (χ3n) is 2.82. The lowest BCUT2D eigenvalue weighted by molar-refractivity contribution is 0.579. The predicted octanol–water partition coefficient (Wildman–Crippen LogP) is 2.51. The second-order valence-corrected chi connectivity index (χ2v) is 5.97. The van der Waals surface area contributed by atoms with E-state index in [2.05, 4.69) is 10.3 Å². The normalized spacial score (nSPS) is 11.2. The number of halogens is 2. The second kappa shape index (κ2) is 5.65. The lowest BCUT2D eigenvalue weighted by atomic mass is 10.2. The Hall–Kier alpha value is -2.22. The summed E-state index contributed by atoms with van der Waals surface area (Å²) in [6.45, 7) is 1.41. The number of rotatable bonds is 4. The van der Waals surface area contributed by atoms with E-state index in [1.165, 1.54) is 31.3 Å². The van der Waals surface area contributed by atoms with Gasteiger partial charge in [0.15, 0.2) is 5.82 Å². The highest BCUT2D eigenvalue weighted by Gasteiger charge is 2.20. The maximum Gasteiger partial charge on any atom is 0.262 e. The number of nitrogens with zero attached hydrogens (tertiary/aromatic N) is 1. The molecule has 0 atom stereocenters. The Morgan fingerprint density at radius 3 is 2.57 bits per heavy atom. The van der Waals surface area contributed by atoms with Crippen molar-refractivity contribution in [1.82, 2.24) is 4.98 Å². The van der Waals surface area contributed by atoms with Gasteiger partial charge in [-0.1, -0.05) is 6.07 Å². The molecule has 0 fully saturated rings. The monoisotopic (exact) mass is 313 g/mol. The summed E-state index contributed by atoms with van der Waals surface area (Å²) < 4.78 is 53.8. The van der Waals surface area contributed by atoms with Crippen LogP contribution in [0.4, 0.5) is 20.3 Å². The fraction of sp³-hybridized carbons (Fsp3) is 0.154. The molecule has 0 radical (unpaired) electrons. The van der Waals surface area contributed by atoms with Crippen molar-refractivity contribution in [2.24, 2.45) is 0 Å². The van der Waals surface area contributed by atoms with Crippen LogP contribution < -0.4 is 10.0 Å². The highest BCUT2D eigenvalue weighted by molar-refractivity contribution is 7.92. The molecule has 1 aromatic heterocycles. The van der Waals surface area contributed by atoms with E-state index in [9.17, 15) is 17.2 Å². The first kappa shape index (κ1) is 15.2. The van der Waals surface area contributed by atoms with Gasteiger partial charge >= 0.3 is 0 Å². The number of hydrogen-bond acceptors (Lipinski definition) is 4. The molecule has 0 amide bonds. The highest BCUT2D eigenvalue weighted by atomic mass is 32.2. The third kappa shape index (κ3) is 3.10. The minimum absolute atomic E-state index is 0.139. The van der Waals surface area contributed by atoms with E-state index in [1.54, 1.807) is 7.05 Å².